The number of quaternary nitrogens is 1. The Morgan fingerprint density at radius 3 is 2.48 bits per heavy atom. The maximum atomic E-state index is 12.3. The Kier molecular flexibility index (Phi) is 7.08. The van der Waals surface area contributed by atoms with E-state index in [4.69, 9.17) is 9.47 Å². The Balaban J connectivity index is 1.52. The number of benzene rings is 2. The van der Waals surface area contributed by atoms with Gasteiger partial charge >= 0.3 is 6.03 Å². The Hall–Kier alpha value is -3.06. The number of urea groups is 1. The van der Waals surface area contributed by atoms with Gasteiger partial charge in [-0.3, -0.25) is 10.1 Å². The van der Waals surface area contributed by atoms with Crippen molar-refractivity contribution in [3.8, 4) is 11.5 Å². The third kappa shape index (κ3) is 5.71. The Bertz CT molecular complexity index is 869. The molecule has 0 saturated heterocycles. The summed E-state index contributed by atoms with van der Waals surface area (Å²) in [5, 5.41) is 5.09. The van der Waals surface area contributed by atoms with E-state index < -0.39 is 6.03 Å². The fourth-order valence-electron chi connectivity index (χ4n) is 3.48. The number of imide groups is 1. The molecule has 0 spiro atoms. The lowest BCUT2D eigenvalue weighted by Crippen LogP contribution is -3.13. The minimum Gasteiger partial charge on any atom is -0.490 e. The maximum absolute atomic E-state index is 12.3. The molecular weight excluding hydrogens is 370 g/mol. The molecule has 1 heterocycles. The van der Waals surface area contributed by atoms with E-state index in [9.17, 15) is 9.59 Å². The normalized spacial score (nSPS) is 15.2. The number of ether oxygens (including phenoxy) is 2. The zero-order valence-electron chi connectivity index (χ0n) is 16.9. The van der Waals surface area contributed by atoms with Crippen LogP contribution in [-0.2, 0) is 17.8 Å². The molecule has 0 radical (unpaired) electrons. The highest BCUT2D eigenvalue weighted by Gasteiger charge is 2.22. The van der Waals surface area contributed by atoms with Crippen molar-refractivity contribution >= 4 is 17.6 Å². The van der Waals surface area contributed by atoms with Crippen molar-refractivity contribution in [2.45, 2.75) is 26.8 Å². The molecule has 2 aromatic carbocycles. The van der Waals surface area contributed by atoms with Crippen LogP contribution in [0.3, 0.4) is 0 Å². The van der Waals surface area contributed by atoms with Gasteiger partial charge in [-0.15, -0.1) is 0 Å². The van der Waals surface area contributed by atoms with E-state index in [-0.39, 0.29) is 12.5 Å². The largest absolute Gasteiger partial charge is 0.490 e. The van der Waals surface area contributed by atoms with E-state index in [1.807, 2.05) is 26.0 Å². The Morgan fingerprint density at radius 2 is 1.72 bits per heavy atom. The number of carbonyl (C=O) groups excluding carboxylic acids is 2. The van der Waals surface area contributed by atoms with E-state index in [2.05, 4.69) is 22.8 Å². The Morgan fingerprint density at radius 1 is 1.00 bits per heavy atom. The number of carbonyl (C=O) groups is 2. The first-order chi connectivity index (χ1) is 14.1. The predicted molar refractivity (Wildman–Crippen MR) is 110 cm³/mol. The molecule has 3 amide bonds. The third-order valence-electron chi connectivity index (χ3n) is 4.77. The number of amides is 3. The predicted octanol–water partition coefficient (Wildman–Crippen LogP) is 1.77. The molecule has 1 unspecified atom stereocenters. The van der Waals surface area contributed by atoms with Crippen LogP contribution in [0.15, 0.2) is 42.5 Å². The first-order valence-corrected chi connectivity index (χ1v) is 9.99. The van der Waals surface area contributed by atoms with Gasteiger partial charge in [0, 0.05) is 23.7 Å². The van der Waals surface area contributed by atoms with Crippen LogP contribution in [0.5, 0.6) is 11.5 Å². The maximum Gasteiger partial charge on any atom is 0.326 e. The van der Waals surface area contributed by atoms with E-state index in [1.165, 1.54) is 11.1 Å². The number of rotatable bonds is 7. The first kappa shape index (κ1) is 20.7. The number of hydrogen-bond acceptors (Lipinski definition) is 4. The van der Waals surface area contributed by atoms with Crippen molar-refractivity contribution in [1.29, 1.82) is 0 Å². The van der Waals surface area contributed by atoms with Crippen molar-refractivity contribution < 1.29 is 24.0 Å². The van der Waals surface area contributed by atoms with E-state index in [1.54, 1.807) is 18.2 Å². The van der Waals surface area contributed by atoms with Crippen LogP contribution < -0.4 is 25.0 Å². The topological polar surface area (TPSA) is 81.1 Å². The average Bonchev–Trinajstić information content (AvgIpc) is 2.70. The summed E-state index contributed by atoms with van der Waals surface area (Å²) in [6.07, 6.45) is 0.942. The molecule has 0 aromatic heterocycles. The number of nitrogens with one attached hydrogen (secondary N) is 3. The molecule has 0 aliphatic carbocycles. The fourth-order valence-corrected chi connectivity index (χ4v) is 3.48. The minimum absolute atomic E-state index is 0.259. The van der Waals surface area contributed by atoms with Crippen LogP contribution in [0.4, 0.5) is 10.5 Å². The highest BCUT2D eigenvalue weighted by atomic mass is 16.5. The lowest BCUT2D eigenvalue weighted by molar-refractivity contribution is -0.908. The molecule has 7 heteroatoms. The van der Waals surface area contributed by atoms with Gasteiger partial charge in [0.05, 0.1) is 19.8 Å². The molecule has 0 fully saturated rings. The summed E-state index contributed by atoms with van der Waals surface area (Å²) >= 11 is 0. The van der Waals surface area contributed by atoms with Crippen molar-refractivity contribution in [2.75, 3.05) is 31.6 Å². The monoisotopic (exact) mass is 398 g/mol. The average molecular weight is 398 g/mol. The number of fused-ring (bicyclic) bond motifs is 1. The molecule has 0 saturated carbocycles. The summed E-state index contributed by atoms with van der Waals surface area (Å²) in [5.41, 5.74) is 3.14. The SMILES string of the molecule is CCOc1ccc(NC(=O)NC(=O)C[NH+]2CCc3ccccc3C2)cc1OCC. The summed E-state index contributed by atoms with van der Waals surface area (Å²) in [5.74, 6) is 0.869. The molecule has 2 aromatic rings. The van der Waals surface area contributed by atoms with Crippen molar-refractivity contribution in [3.05, 3.63) is 53.6 Å². The van der Waals surface area contributed by atoms with Gasteiger partial charge < -0.3 is 19.7 Å². The molecule has 0 bridgehead atoms. The van der Waals surface area contributed by atoms with Gasteiger partial charge in [-0.25, -0.2) is 4.79 Å². The highest BCUT2D eigenvalue weighted by Crippen LogP contribution is 2.30. The summed E-state index contributed by atoms with van der Waals surface area (Å²) in [7, 11) is 0. The lowest BCUT2D eigenvalue weighted by Gasteiger charge is -2.25. The summed E-state index contributed by atoms with van der Waals surface area (Å²) in [6, 6.07) is 12.9. The van der Waals surface area contributed by atoms with Gasteiger partial charge in [-0.1, -0.05) is 24.3 Å². The summed E-state index contributed by atoms with van der Waals surface area (Å²) in [6.45, 7) is 6.70. The third-order valence-corrected chi connectivity index (χ3v) is 4.77. The summed E-state index contributed by atoms with van der Waals surface area (Å²) in [4.78, 5) is 25.7. The van der Waals surface area contributed by atoms with E-state index in [0.717, 1.165) is 24.4 Å². The van der Waals surface area contributed by atoms with Gasteiger partial charge in [-0.2, -0.15) is 0 Å². The standard InChI is InChI=1S/C22H27N3O4/c1-3-28-19-10-9-18(13-20(19)29-4-2)23-22(27)24-21(26)15-25-12-11-16-7-5-6-8-17(16)14-25/h5-10,13H,3-4,11-12,14-15H2,1-2H3,(H2,23,24,26,27)/p+1. The molecule has 3 N–H and O–H groups in total. The molecule has 154 valence electrons. The van der Waals surface area contributed by atoms with Gasteiger partial charge in [0.25, 0.3) is 5.91 Å². The first-order valence-electron chi connectivity index (χ1n) is 9.99. The van der Waals surface area contributed by atoms with Crippen molar-refractivity contribution in [2.24, 2.45) is 0 Å². The smallest absolute Gasteiger partial charge is 0.326 e. The van der Waals surface area contributed by atoms with Crippen LogP contribution in [0.1, 0.15) is 25.0 Å². The van der Waals surface area contributed by atoms with Crippen molar-refractivity contribution in [3.63, 3.8) is 0 Å². The van der Waals surface area contributed by atoms with Crippen LogP contribution in [0.25, 0.3) is 0 Å². The number of anilines is 1. The van der Waals surface area contributed by atoms with Crippen LogP contribution >= 0.6 is 0 Å². The molecule has 7 nitrogen and oxygen atoms in total. The van der Waals surface area contributed by atoms with Gasteiger partial charge in [-0.05, 0) is 31.5 Å². The van der Waals surface area contributed by atoms with Gasteiger partial charge in [0.1, 0.15) is 6.54 Å². The molecule has 1 aliphatic heterocycles. The molecule has 29 heavy (non-hydrogen) atoms. The van der Waals surface area contributed by atoms with Gasteiger partial charge in [0.15, 0.2) is 18.0 Å². The molecular formula is C22H28N3O4+. The van der Waals surface area contributed by atoms with Gasteiger partial charge in [0.2, 0.25) is 0 Å². The quantitative estimate of drug-likeness (QED) is 0.664. The lowest BCUT2D eigenvalue weighted by atomic mass is 10.00. The van der Waals surface area contributed by atoms with Crippen LogP contribution in [0, 0.1) is 0 Å². The minimum atomic E-state index is -0.557. The number of hydrogen-bond donors (Lipinski definition) is 3. The summed E-state index contributed by atoms with van der Waals surface area (Å²) < 4.78 is 11.1. The second-order valence-corrected chi connectivity index (χ2v) is 6.90. The zero-order chi connectivity index (χ0) is 20.6. The highest BCUT2D eigenvalue weighted by molar-refractivity contribution is 6.01. The molecule has 1 atom stereocenters. The van der Waals surface area contributed by atoms with Crippen molar-refractivity contribution in [1.82, 2.24) is 5.32 Å². The molecule has 1 aliphatic rings. The fraction of sp³-hybridized carbons (Fsp3) is 0.364. The van der Waals surface area contributed by atoms with E-state index in [0.29, 0.717) is 30.4 Å². The molecule has 3 rings (SSSR count). The zero-order valence-corrected chi connectivity index (χ0v) is 16.9. The van der Waals surface area contributed by atoms with Crippen LogP contribution in [0.2, 0.25) is 0 Å². The Labute approximate surface area is 171 Å². The second kappa shape index (κ2) is 9.93. The van der Waals surface area contributed by atoms with Crippen LogP contribution in [-0.4, -0.2) is 38.2 Å². The van der Waals surface area contributed by atoms with E-state index >= 15 is 0 Å². The second-order valence-electron chi connectivity index (χ2n) is 6.90.